The lowest BCUT2D eigenvalue weighted by Crippen LogP contribution is -2.40. The number of amides is 1. The summed E-state index contributed by atoms with van der Waals surface area (Å²) in [5.41, 5.74) is 1.48. The largest absolute Gasteiger partial charge is 0.497 e. The Labute approximate surface area is 284 Å². The Bertz CT molecular complexity index is 1780. The summed E-state index contributed by atoms with van der Waals surface area (Å²) < 4.78 is 52.6. The fraction of sp³-hybridized carbons (Fsp3) is 0.395. The van der Waals surface area contributed by atoms with Crippen molar-refractivity contribution in [1.82, 2.24) is 10.3 Å². The summed E-state index contributed by atoms with van der Waals surface area (Å²) in [7, 11) is 3.06. The Morgan fingerprint density at radius 1 is 1.06 bits per heavy atom. The first kappa shape index (κ1) is 35.5. The second-order valence-corrected chi connectivity index (χ2v) is 12.6. The van der Waals surface area contributed by atoms with Gasteiger partial charge in [0.05, 0.1) is 44.0 Å². The Kier molecular flexibility index (Phi) is 11.0. The summed E-state index contributed by atoms with van der Waals surface area (Å²) in [5.74, 6) is -0.424. The van der Waals surface area contributed by atoms with E-state index in [1.54, 1.807) is 13.2 Å². The van der Waals surface area contributed by atoms with Gasteiger partial charge in [-0.15, -0.1) is 0 Å². The molecule has 8 nitrogen and oxygen atoms in total. The van der Waals surface area contributed by atoms with Gasteiger partial charge in [-0.25, -0.2) is 0 Å². The average Bonchev–Trinajstić information content (AvgIpc) is 3.52. The van der Waals surface area contributed by atoms with Crippen molar-refractivity contribution in [3.05, 3.63) is 95.1 Å². The molecule has 0 saturated heterocycles. The van der Waals surface area contributed by atoms with Gasteiger partial charge in [0.25, 0.3) is 5.91 Å². The van der Waals surface area contributed by atoms with Crippen molar-refractivity contribution in [1.29, 1.82) is 0 Å². The van der Waals surface area contributed by atoms with Crippen LogP contribution in [0.2, 0.25) is 0 Å². The SMILES string of the molecule is CCCCC(C1C=CC(C(=O)NCCC(=O)O)=CC1C)N1N=C(c2cc(C(F)(F)F)ccc2OC)CC1c1ccc2cc(OC)ccc2c1. The van der Waals surface area contributed by atoms with Crippen LogP contribution in [0.25, 0.3) is 10.8 Å². The van der Waals surface area contributed by atoms with E-state index in [2.05, 4.69) is 23.3 Å². The maximum Gasteiger partial charge on any atom is 0.416 e. The van der Waals surface area contributed by atoms with Gasteiger partial charge >= 0.3 is 12.1 Å². The molecule has 1 heterocycles. The van der Waals surface area contributed by atoms with E-state index in [1.165, 1.54) is 13.2 Å². The zero-order valence-corrected chi connectivity index (χ0v) is 28.1. The summed E-state index contributed by atoms with van der Waals surface area (Å²) >= 11 is 0. The Hall–Kier alpha value is -4.80. The first-order valence-electron chi connectivity index (χ1n) is 16.5. The molecule has 0 bridgehead atoms. The van der Waals surface area contributed by atoms with Crippen molar-refractivity contribution in [2.24, 2.45) is 16.9 Å². The predicted molar refractivity (Wildman–Crippen MR) is 183 cm³/mol. The van der Waals surface area contributed by atoms with E-state index >= 15 is 0 Å². The van der Waals surface area contributed by atoms with Crippen LogP contribution in [0.3, 0.4) is 0 Å². The molecule has 0 radical (unpaired) electrons. The number of nitrogens with one attached hydrogen (secondary N) is 1. The van der Waals surface area contributed by atoms with Gasteiger partial charge in [0.1, 0.15) is 11.5 Å². The number of hydrazone groups is 1. The van der Waals surface area contributed by atoms with Gasteiger partial charge in [-0.05, 0) is 65.1 Å². The van der Waals surface area contributed by atoms with Crippen LogP contribution in [0, 0.1) is 11.8 Å². The standard InChI is InChI=1S/C38H42F3N3O5/c1-5-6-7-33(30-14-11-27(18-23(30)2)37(47)42-17-16-36(45)46)44-34(26-9-8-25-20-29(48-3)13-10-24(25)19-26)22-32(43-44)31-21-28(38(39,40)41)12-15-35(31)49-4/h8-15,18-21,23,30,33-34H,5-7,16-17,22H2,1-4H3,(H,42,47)(H,45,46). The fourth-order valence-corrected chi connectivity index (χ4v) is 6.72. The lowest BCUT2D eigenvalue weighted by atomic mass is 9.79. The van der Waals surface area contributed by atoms with E-state index in [4.69, 9.17) is 19.7 Å². The molecule has 3 aromatic rings. The predicted octanol–water partition coefficient (Wildman–Crippen LogP) is 7.93. The summed E-state index contributed by atoms with van der Waals surface area (Å²) in [6.45, 7) is 4.17. The number of allylic oxidation sites excluding steroid dienone is 1. The minimum atomic E-state index is -4.53. The highest BCUT2D eigenvalue weighted by Gasteiger charge is 2.40. The van der Waals surface area contributed by atoms with Crippen molar-refractivity contribution in [3.63, 3.8) is 0 Å². The van der Waals surface area contributed by atoms with Crippen LogP contribution in [0.15, 0.2) is 83.5 Å². The van der Waals surface area contributed by atoms with Crippen LogP contribution in [-0.2, 0) is 15.8 Å². The molecule has 4 atom stereocenters. The normalized spacial score (nSPS) is 19.7. The van der Waals surface area contributed by atoms with Crippen LogP contribution in [0.1, 0.15) is 68.7 Å². The minimum Gasteiger partial charge on any atom is -0.497 e. The van der Waals surface area contributed by atoms with E-state index in [9.17, 15) is 22.8 Å². The lowest BCUT2D eigenvalue weighted by Gasteiger charge is -2.39. The molecule has 49 heavy (non-hydrogen) atoms. The number of nitrogens with zero attached hydrogens (tertiary/aromatic N) is 2. The molecule has 1 amide bonds. The number of carbonyl (C=O) groups is 2. The second kappa shape index (κ2) is 15.2. The molecule has 1 aliphatic heterocycles. The monoisotopic (exact) mass is 677 g/mol. The van der Waals surface area contributed by atoms with E-state index < -0.39 is 17.7 Å². The number of carbonyl (C=O) groups excluding carboxylic acids is 1. The number of fused-ring (bicyclic) bond motifs is 1. The molecule has 4 unspecified atom stereocenters. The molecule has 0 spiro atoms. The first-order chi connectivity index (χ1) is 23.4. The zero-order chi connectivity index (χ0) is 35.3. The number of carboxylic acids is 1. The van der Waals surface area contributed by atoms with E-state index in [-0.39, 0.29) is 42.8 Å². The molecule has 0 fully saturated rings. The molecule has 0 saturated carbocycles. The van der Waals surface area contributed by atoms with Crippen molar-refractivity contribution < 1.29 is 37.3 Å². The molecule has 2 N–H and O–H groups in total. The molecule has 11 heteroatoms. The Morgan fingerprint density at radius 2 is 1.82 bits per heavy atom. The van der Waals surface area contributed by atoms with Crippen LogP contribution >= 0.6 is 0 Å². The lowest BCUT2D eigenvalue weighted by molar-refractivity contribution is -0.138. The molecule has 260 valence electrons. The number of carboxylic acid groups (broad SMARTS) is 1. The van der Waals surface area contributed by atoms with Gasteiger partial charge in [-0.3, -0.25) is 14.6 Å². The van der Waals surface area contributed by atoms with Gasteiger partial charge < -0.3 is 19.9 Å². The number of alkyl halides is 3. The zero-order valence-electron chi connectivity index (χ0n) is 28.1. The van der Waals surface area contributed by atoms with Crippen LogP contribution < -0.4 is 14.8 Å². The second-order valence-electron chi connectivity index (χ2n) is 12.6. The quantitative estimate of drug-likeness (QED) is 0.191. The van der Waals surface area contributed by atoms with Crippen molar-refractivity contribution in [3.8, 4) is 11.5 Å². The Balaban J connectivity index is 1.56. The molecule has 0 aromatic heterocycles. The van der Waals surface area contributed by atoms with E-state index in [0.29, 0.717) is 29.0 Å². The summed E-state index contributed by atoms with van der Waals surface area (Å²) in [5, 5.41) is 20.8. The number of halogens is 3. The topological polar surface area (TPSA) is 100 Å². The molecule has 3 aromatic carbocycles. The number of unbranched alkanes of at least 4 members (excludes halogenated alkanes) is 1. The summed E-state index contributed by atoms with van der Waals surface area (Å²) in [6, 6.07) is 15.1. The number of hydrogen-bond donors (Lipinski definition) is 2. The molecule has 5 rings (SSSR count). The molecule has 1 aliphatic carbocycles. The number of hydrogen-bond acceptors (Lipinski definition) is 6. The highest BCUT2D eigenvalue weighted by atomic mass is 19.4. The number of ether oxygens (including phenoxy) is 2. The van der Waals surface area contributed by atoms with Gasteiger partial charge in [0.2, 0.25) is 0 Å². The van der Waals surface area contributed by atoms with Crippen LogP contribution in [-0.4, -0.2) is 54.5 Å². The van der Waals surface area contributed by atoms with Crippen LogP contribution in [0.5, 0.6) is 11.5 Å². The first-order valence-corrected chi connectivity index (χ1v) is 16.5. The number of aliphatic carboxylic acids is 1. The third-order valence-corrected chi connectivity index (χ3v) is 9.31. The maximum absolute atomic E-state index is 13.9. The van der Waals surface area contributed by atoms with Crippen molar-refractivity contribution >= 4 is 28.4 Å². The highest BCUT2D eigenvalue weighted by molar-refractivity contribution is 6.04. The third-order valence-electron chi connectivity index (χ3n) is 9.31. The average molecular weight is 678 g/mol. The molecule has 2 aliphatic rings. The maximum atomic E-state index is 13.9. The fourth-order valence-electron chi connectivity index (χ4n) is 6.72. The minimum absolute atomic E-state index is 0.0285. The highest BCUT2D eigenvalue weighted by Crippen LogP contribution is 2.43. The van der Waals surface area contributed by atoms with Gasteiger partial charge in [0.15, 0.2) is 0 Å². The number of methoxy groups -OCH3 is 2. The van der Waals surface area contributed by atoms with Gasteiger partial charge in [0, 0.05) is 30.0 Å². The smallest absolute Gasteiger partial charge is 0.416 e. The van der Waals surface area contributed by atoms with Crippen molar-refractivity contribution in [2.75, 3.05) is 20.8 Å². The molecular formula is C38H42F3N3O5. The third kappa shape index (κ3) is 8.09. The summed E-state index contributed by atoms with van der Waals surface area (Å²) in [6.07, 6.45) is 3.93. The van der Waals surface area contributed by atoms with Crippen molar-refractivity contribution in [2.45, 2.75) is 64.2 Å². The summed E-state index contributed by atoms with van der Waals surface area (Å²) in [4.78, 5) is 23.7. The van der Waals surface area contributed by atoms with Crippen LogP contribution in [0.4, 0.5) is 13.2 Å². The van der Waals surface area contributed by atoms with Gasteiger partial charge in [-0.1, -0.05) is 63.1 Å². The molecular weight excluding hydrogens is 635 g/mol. The number of benzene rings is 3. The number of rotatable bonds is 13. The van der Waals surface area contributed by atoms with Gasteiger partial charge in [-0.2, -0.15) is 18.3 Å². The van der Waals surface area contributed by atoms with E-state index in [1.807, 2.05) is 49.4 Å². The Morgan fingerprint density at radius 3 is 2.49 bits per heavy atom. The van der Waals surface area contributed by atoms with E-state index in [0.717, 1.165) is 53.5 Å².